The second-order valence-corrected chi connectivity index (χ2v) is 7.91. The molecule has 6 nitrogen and oxygen atoms in total. The van der Waals surface area contributed by atoms with Gasteiger partial charge in [0.25, 0.3) is 0 Å². The Morgan fingerprint density at radius 3 is 2.67 bits per heavy atom. The maximum atomic E-state index is 13.9. The highest BCUT2D eigenvalue weighted by Crippen LogP contribution is 2.28. The number of aromatic nitrogens is 2. The minimum atomic E-state index is -0.414. The third-order valence-electron chi connectivity index (χ3n) is 5.42. The molecule has 2 aromatic carbocycles. The van der Waals surface area contributed by atoms with Crippen molar-refractivity contribution in [3.63, 3.8) is 0 Å². The van der Waals surface area contributed by atoms with Crippen LogP contribution in [-0.4, -0.2) is 40.6 Å². The van der Waals surface area contributed by atoms with E-state index in [9.17, 15) is 9.18 Å². The van der Waals surface area contributed by atoms with Gasteiger partial charge >= 0.3 is 0 Å². The van der Waals surface area contributed by atoms with Gasteiger partial charge in [0.15, 0.2) is 0 Å². The maximum Gasteiger partial charge on any atom is 0.238 e. The highest BCUT2D eigenvalue weighted by molar-refractivity contribution is 5.92. The summed E-state index contributed by atoms with van der Waals surface area (Å²) in [6, 6.07) is 12.8. The number of benzene rings is 2. The number of anilines is 1. The first-order valence-electron chi connectivity index (χ1n) is 10.2. The predicted molar refractivity (Wildman–Crippen MR) is 113 cm³/mol. The summed E-state index contributed by atoms with van der Waals surface area (Å²) in [6.07, 6.45) is 1.67. The first-order valence-corrected chi connectivity index (χ1v) is 10.2. The van der Waals surface area contributed by atoms with Crippen LogP contribution in [0.15, 0.2) is 47.0 Å². The number of hydrogen-bond acceptors (Lipinski definition) is 5. The Bertz CT molecular complexity index is 1040. The van der Waals surface area contributed by atoms with Crippen LogP contribution in [-0.2, 0) is 4.79 Å². The third kappa shape index (κ3) is 4.74. The number of halogens is 1. The molecule has 30 heavy (non-hydrogen) atoms. The average Bonchev–Trinajstić information content (AvgIpc) is 3.21. The molecule has 156 valence electrons. The molecule has 1 N–H and O–H groups in total. The van der Waals surface area contributed by atoms with Gasteiger partial charge in [-0.1, -0.05) is 35.0 Å². The van der Waals surface area contributed by atoms with Crippen molar-refractivity contribution in [3.8, 4) is 11.4 Å². The van der Waals surface area contributed by atoms with Crippen LogP contribution in [0.3, 0.4) is 0 Å². The van der Waals surface area contributed by atoms with E-state index in [1.54, 1.807) is 12.1 Å². The lowest BCUT2D eigenvalue weighted by Gasteiger charge is -2.29. The van der Waals surface area contributed by atoms with Crippen LogP contribution in [0.4, 0.5) is 10.1 Å². The van der Waals surface area contributed by atoms with E-state index < -0.39 is 5.82 Å². The summed E-state index contributed by atoms with van der Waals surface area (Å²) in [4.78, 5) is 18.9. The number of carbonyl (C=O) groups is 1. The third-order valence-corrected chi connectivity index (χ3v) is 5.42. The minimum Gasteiger partial charge on any atom is -0.339 e. The van der Waals surface area contributed by atoms with Crippen LogP contribution in [0.2, 0.25) is 0 Å². The van der Waals surface area contributed by atoms with E-state index in [-0.39, 0.29) is 24.1 Å². The van der Waals surface area contributed by atoms with Gasteiger partial charge in [0.05, 0.1) is 12.2 Å². The van der Waals surface area contributed by atoms with E-state index >= 15 is 0 Å². The fraction of sp³-hybridized carbons (Fsp3) is 0.348. The summed E-state index contributed by atoms with van der Waals surface area (Å²) in [7, 11) is 0. The van der Waals surface area contributed by atoms with Crippen molar-refractivity contribution in [3.05, 3.63) is 65.3 Å². The van der Waals surface area contributed by atoms with Crippen molar-refractivity contribution < 1.29 is 13.7 Å². The topological polar surface area (TPSA) is 71.3 Å². The van der Waals surface area contributed by atoms with Gasteiger partial charge in [-0.05, 0) is 63.5 Å². The Balaban J connectivity index is 1.30. The van der Waals surface area contributed by atoms with Gasteiger partial charge in [-0.2, -0.15) is 4.98 Å². The second-order valence-electron chi connectivity index (χ2n) is 7.91. The Labute approximate surface area is 175 Å². The molecule has 0 radical (unpaired) electrons. The van der Waals surface area contributed by atoms with Crippen molar-refractivity contribution in [1.82, 2.24) is 15.0 Å². The largest absolute Gasteiger partial charge is 0.339 e. The van der Waals surface area contributed by atoms with Gasteiger partial charge in [-0.15, -0.1) is 0 Å². The molecule has 0 saturated carbocycles. The molecule has 0 aliphatic carbocycles. The van der Waals surface area contributed by atoms with E-state index in [1.807, 2.05) is 38.1 Å². The maximum absolute atomic E-state index is 13.9. The molecule has 1 aliphatic rings. The van der Waals surface area contributed by atoms with Crippen LogP contribution >= 0.6 is 0 Å². The number of nitrogens with one attached hydrogen (secondary N) is 1. The molecule has 2 heterocycles. The molecule has 0 atom stereocenters. The molecule has 1 amide bonds. The lowest BCUT2D eigenvalue weighted by atomic mass is 9.97. The highest BCUT2D eigenvalue weighted by Gasteiger charge is 2.26. The zero-order valence-electron chi connectivity index (χ0n) is 17.2. The fourth-order valence-electron chi connectivity index (χ4n) is 3.75. The predicted octanol–water partition coefficient (Wildman–Crippen LogP) is 4.31. The van der Waals surface area contributed by atoms with Crippen molar-refractivity contribution in [1.29, 1.82) is 0 Å². The number of nitrogens with zero attached hydrogens (tertiary/aromatic N) is 3. The molecular weight excluding hydrogens is 383 g/mol. The highest BCUT2D eigenvalue weighted by atomic mass is 19.1. The summed E-state index contributed by atoms with van der Waals surface area (Å²) < 4.78 is 19.4. The van der Waals surface area contributed by atoms with Crippen LogP contribution in [0.25, 0.3) is 11.4 Å². The van der Waals surface area contributed by atoms with Gasteiger partial charge in [-0.25, -0.2) is 4.39 Å². The van der Waals surface area contributed by atoms with E-state index in [1.165, 1.54) is 6.07 Å². The van der Waals surface area contributed by atoms with Crippen LogP contribution in [0.5, 0.6) is 0 Å². The first kappa shape index (κ1) is 20.2. The van der Waals surface area contributed by atoms with Crippen molar-refractivity contribution in [2.24, 2.45) is 0 Å². The van der Waals surface area contributed by atoms with Crippen molar-refractivity contribution in [2.45, 2.75) is 32.6 Å². The second kappa shape index (κ2) is 8.75. The molecule has 1 aromatic heterocycles. The number of hydrogen-bond donors (Lipinski definition) is 1. The van der Waals surface area contributed by atoms with E-state index in [0.29, 0.717) is 11.7 Å². The van der Waals surface area contributed by atoms with Gasteiger partial charge in [0, 0.05) is 11.5 Å². The Kier molecular flexibility index (Phi) is 5.90. The lowest BCUT2D eigenvalue weighted by Crippen LogP contribution is -2.38. The molecule has 4 rings (SSSR count). The number of aryl methyl sites for hydroxylation is 2. The molecule has 0 bridgehead atoms. The normalized spacial score (nSPS) is 15.3. The average molecular weight is 408 g/mol. The van der Waals surface area contributed by atoms with Crippen LogP contribution < -0.4 is 5.32 Å². The molecule has 1 fully saturated rings. The summed E-state index contributed by atoms with van der Waals surface area (Å²) in [5.41, 5.74) is 3.13. The zero-order valence-corrected chi connectivity index (χ0v) is 17.2. The fourth-order valence-corrected chi connectivity index (χ4v) is 3.75. The monoisotopic (exact) mass is 408 g/mol. The minimum absolute atomic E-state index is 0.185. The molecule has 3 aromatic rings. The lowest BCUT2D eigenvalue weighted by molar-refractivity contribution is -0.117. The van der Waals surface area contributed by atoms with Gasteiger partial charge in [-0.3, -0.25) is 9.69 Å². The van der Waals surface area contributed by atoms with Gasteiger partial charge < -0.3 is 9.84 Å². The van der Waals surface area contributed by atoms with Crippen molar-refractivity contribution >= 4 is 11.6 Å². The Morgan fingerprint density at radius 2 is 1.93 bits per heavy atom. The van der Waals surface area contributed by atoms with Crippen molar-refractivity contribution in [2.75, 3.05) is 25.0 Å². The summed E-state index contributed by atoms with van der Waals surface area (Å²) in [5.74, 6) is 0.816. The van der Waals surface area contributed by atoms with E-state index in [2.05, 4.69) is 20.4 Å². The molecule has 1 aliphatic heterocycles. The number of piperidine rings is 1. The quantitative estimate of drug-likeness (QED) is 0.681. The molecular formula is C23H25FN4O2. The van der Waals surface area contributed by atoms with E-state index in [0.717, 1.165) is 42.6 Å². The number of amides is 1. The molecule has 0 spiro atoms. The number of carbonyl (C=O) groups excluding carboxylic acids is 1. The van der Waals surface area contributed by atoms with Crippen LogP contribution in [0, 0.1) is 19.7 Å². The standard InChI is InChI=1S/C23H25FN4O2/c1-15-4-3-5-18(12-15)22-26-23(30-27-22)17-8-10-28(11-9-17)14-21(29)25-20-7-6-16(2)13-19(20)24/h3-7,12-13,17H,8-11,14H2,1-2H3,(H,25,29). The van der Waals surface area contributed by atoms with E-state index in [4.69, 9.17) is 4.52 Å². The van der Waals surface area contributed by atoms with Gasteiger partial charge in [0.1, 0.15) is 5.82 Å². The first-order chi connectivity index (χ1) is 14.5. The molecule has 7 heteroatoms. The molecule has 0 unspecified atom stereocenters. The zero-order chi connectivity index (χ0) is 21.1. The summed E-state index contributed by atoms with van der Waals surface area (Å²) >= 11 is 0. The Hall–Kier alpha value is -3.06. The number of rotatable bonds is 5. The Morgan fingerprint density at radius 1 is 1.17 bits per heavy atom. The van der Waals surface area contributed by atoms with Gasteiger partial charge in [0.2, 0.25) is 17.6 Å². The summed E-state index contributed by atoms with van der Waals surface area (Å²) in [6.45, 7) is 5.57. The smallest absolute Gasteiger partial charge is 0.238 e. The molecule has 1 saturated heterocycles. The van der Waals surface area contributed by atoms with Crippen LogP contribution in [0.1, 0.15) is 35.8 Å². The SMILES string of the molecule is Cc1cccc(-c2noc(C3CCN(CC(=O)Nc4ccc(C)cc4F)CC3)n2)c1. The summed E-state index contributed by atoms with van der Waals surface area (Å²) in [5, 5.41) is 6.79. The number of likely N-dealkylation sites (tertiary alicyclic amines) is 1.